The SMILES string of the molecule is NCc1cc(=O)[nH]c(-c2ccc3ncccc3c2)n1. The maximum Gasteiger partial charge on any atom is 0.251 e. The highest BCUT2D eigenvalue weighted by atomic mass is 16.1. The molecule has 2 aromatic heterocycles. The number of pyridine rings is 1. The Morgan fingerprint density at radius 2 is 2.11 bits per heavy atom. The number of aromatic amines is 1. The van der Waals surface area contributed by atoms with Gasteiger partial charge in [-0.05, 0) is 24.3 Å². The van der Waals surface area contributed by atoms with Gasteiger partial charge in [0.15, 0.2) is 0 Å². The lowest BCUT2D eigenvalue weighted by molar-refractivity contribution is 0.956. The van der Waals surface area contributed by atoms with Crippen LogP contribution < -0.4 is 11.3 Å². The molecule has 0 amide bonds. The Kier molecular flexibility index (Phi) is 2.81. The largest absolute Gasteiger partial charge is 0.325 e. The third kappa shape index (κ3) is 2.23. The fraction of sp³-hybridized carbons (Fsp3) is 0.0714. The van der Waals surface area contributed by atoms with E-state index in [1.54, 1.807) is 6.20 Å². The van der Waals surface area contributed by atoms with Gasteiger partial charge in [0.05, 0.1) is 11.2 Å². The summed E-state index contributed by atoms with van der Waals surface area (Å²) in [7, 11) is 0. The summed E-state index contributed by atoms with van der Waals surface area (Å²) in [6.45, 7) is 0.242. The van der Waals surface area contributed by atoms with E-state index in [9.17, 15) is 4.79 Å². The smallest absolute Gasteiger partial charge is 0.251 e. The Labute approximate surface area is 109 Å². The molecule has 5 nitrogen and oxygen atoms in total. The molecule has 0 radical (unpaired) electrons. The number of aromatic nitrogens is 3. The Morgan fingerprint density at radius 1 is 1.21 bits per heavy atom. The van der Waals surface area contributed by atoms with E-state index in [1.165, 1.54) is 6.07 Å². The summed E-state index contributed by atoms with van der Waals surface area (Å²) in [6.07, 6.45) is 1.75. The molecule has 0 unspecified atom stereocenters. The van der Waals surface area contributed by atoms with Gasteiger partial charge in [0, 0.05) is 29.8 Å². The van der Waals surface area contributed by atoms with Crippen LogP contribution in [0.15, 0.2) is 47.4 Å². The zero-order valence-electron chi connectivity index (χ0n) is 10.1. The van der Waals surface area contributed by atoms with Crippen molar-refractivity contribution < 1.29 is 0 Å². The molecule has 94 valence electrons. The Morgan fingerprint density at radius 3 is 2.95 bits per heavy atom. The van der Waals surface area contributed by atoms with Gasteiger partial charge in [-0.15, -0.1) is 0 Å². The number of hydrogen-bond acceptors (Lipinski definition) is 4. The number of nitrogens with zero attached hydrogens (tertiary/aromatic N) is 2. The van der Waals surface area contributed by atoms with Gasteiger partial charge in [0.25, 0.3) is 5.56 Å². The lowest BCUT2D eigenvalue weighted by Gasteiger charge is -2.04. The van der Waals surface area contributed by atoms with Gasteiger partial charge in [0.1, 0.15) is 5.82 Å². The Hall–Kier alpha value is -2.53. The molecule has 0 aliphatic rings. The van der Waals surface area contributed by atoms with Gasteiger partial charge in [-0.25, -0.2) is 4.98 Å². The van der Waals surface area contributed by atoms with E-state index < -0.39 is 0 Å². The number of rotatable bonds is 2. The average Bonchev–Trinajstić information content (AvgIpc) is 2.46. The number of benzene rings is 1. The summed E-state index contributed by atoms with van der Waals surface area (Å²) in [5, 5.41) is 1.00. The molecule has 0 fully saturated rings. The van der Waals surface area contributed by atoms with Crippen molar-refractivity contribution >= 4 is 10.9 Å². The molecule has 3 N–H and O–H groups in total. The zero-order valence-corrected chi connectivity index (χ0v) is 10.1. The van der Waals surface area contributed by atoms with Crippen molar-refractivity contribution in [3.63, 3.8) is 0 Å². The first-order chi connectivity index (χ1) is 9.26. The van der Waals surface area contributed by atoms with Crippen molar-refractivity contribution in [1.29, 1.82) is 0 Å². The minimum absolute atomic E-state index is 0.197. The molecule has 0 aliphatic heterocycles. The van der Waals surface area contributed by atoms with Gasteiger partial charge >= 0.3 is 0 Å². The van der Waals surface area contributed by atoms with Crippen LogP contribution in [0.2, 0.25) is 0 Å². The first-order valence-corrected chi connectivity index (χ1v) is 5.92. The van der Waals surface area contributed by atoms with Gasteiger partial charge < -0.3 is 10.7 Å². The van der Waals surface area contributed by atoms with Crippen molar-refractivity contribution in [3.05, 3.63) is 58.6 Å². The third-order valence-corrected chi connectivity index (χ3v) is 2.88. The van der Waals surface area contributed by atoms with Crippen LogP contribution in [0.3, 0.4) is 0 Å². The Balaban J connectivity index is 2.18. The lowest BCUT2D eigenvalue weighted by Crippen LogP contribution is -2.12. The number of H-pyrrole nitrogens is 1. The van der Waals surface area contributed by atoms with Crippen LogP contribution in [0.25, 0.3) is 22.3 Å². The number of hydrogen-bond donors (Lipinski definition) is 2. The molecule has 5 heteroatoms. The molecule has 0 aliphatic carbocycles. The molecule has 3 rings (SSSR count). The second-order valence-corrected chi connectivity index (χ2v) is 4.20. The van der Waals surface area contributed by atoms with Crippen LogP contribution in [-0.4, -0.2) is 15.0 Å². The quantitative estimate of drug-likeness (QED) is 0.722. The van der Waals surface area contributed by atoms with Gasteiger partial charge in [-0.2, -0.15) is 0 Å². The summed E-state index contributed by atoms with van der Waals surface area (Å²) in [5.74, 6) is 0.527. The fourth-order valence-corrected chi connectivity index (χ4v) is 1.97. The highest BCUT2D eigenvalue weighted by molar-refractivity contribution is 5.82. The van der Waals surface area contributed by atoms with E-state index in [0.717, 1.165) is 16.5 Å². The normalized spacial score (nSPS) is 10.8. The predicted octanol–water partition coefficient (Wildman–Crippen LogP) is 1.44. The minimum atomic E-state index is -0.197. The van der Waals surface area contributed by atoms with Crippen LogP contribution >= 0.6 is 0 Å². The topological polar surface area (TPSA) is 84.7 Å². The van der Waals surface area contributed by atoms with Crippen molar-refractivity contribution in [2.45, 2.75) is 6.54 Å². The van der Waals surface area contributed by atoms with Crippen LogP contribution in [0.1, 0.15) is 5.69 Å². The standard InChI is InChI=1S/C14H12N4O/c15-8-11-7-13(19)18-14(17-11)10-3-4-12-9(6-10)2-1-5-16-12/h1-7H,8,15H2,(H,17,18,19). The van der Waals surface area contributed by atoms with Crippen molar-refractivity contribution in [3.8, 4) is 11.4 Å². The summed E-state index contributed by atoms with van der Waals surface area (Å²) >= 11 is 0. The van der Waals surface area contributed by atoms with E-state index >= 15 is 0 Å². The highest BCUT2D eigenvalue weighted by Crippen LogP contribution is 2.19. The average molecular weight is 252 g/mol. The number of nitrogens with one attached hydrogen (secondary N) is 1. The first-order valence-electron chi connectivity index (χ1n) is 5.92. The van der Waals surface area contributed by atoms with Gasteiger partial charge in [-0.1, -0.05) is 6.07 Å². The summed E-state index contributed by atoms with van der Waals surface area (Å²) < 4.78 is 0. The molecular formula is C14H12N4O. The maximum atomic E-state index is 11.5. The van der Waals surface area contributed by atoms with Crippen molar-refractivity contribution in [2.24, 2.45) is 5.73 Å². The zero-order chi connectivity index (χ0) is 13.2. The molecule has 0 saturated heterocycles. The predicted molar refractivity (Wildman–Crippen MR) is 73.5 cm³/mol. The second-order valence-electron chi connectivity index (χ2n) is 4.20. The summed E-state index contributed by atoms with van der Waals surface area (Å²) in [4.78, 5) is 22.8. The summed E-state index contributed by atoms with van der Waals surface area (Å²) in [5.41, 5.74) is 7.65. The van der Waals surface area contributed by atoms with Crippen LogP contribution in [-0.2, 0) is 6.54 Å². The van der Waals surface area contributed by atoms with E-state index in [0.29, 0.717) is 11.5 Å². The van der Waals surface area contributed by atoms with E-state index in [2.05, 4.69) is 15.0 Å². The van der Waals surface area contributed by atoms with E-state index in [-0.39, 0.29) is 12.1 Å². The molecule has 0 atom stereocenters. The van der Waals surface area contributed by atoms with E-state index in [4.69, 9.17) is 5.73 Å². The molecule has 2 heterocycles. The Bertz CT molecular complexity index is 795. The van der Waals surface area contributed by atoms with Crippen LogP contribution in [0, 0.1) is 0 Å². The van der Waals surface area contributed by atoms with Crippen LogP contribution in [0.4, 0.5) is 0 Å². The molecular weight excluding hydrogens is 240 g/mol. The second kappa shape index (κ2) is 4.62. The molecule has 3 aromatic rings. The molecule has 19 heavy (non-hydrogen) atoms. The number of fused-ring (bicyclic) bond motifs is 1. The highest BCUT2D eigenvalue weighted by Gasteiger charge is 2.04. The van der Waals surface area contributed by atoms with Crippen LogP contribution in [0.5, 0.6) is 0 Å². The summed E-state index contributed by atoms with van der Waals surface area (Å²) in [6, 6.07) is 11.0. The van der Waals surface area contributed by atoms with Crippen molar-refractivity contribution in [2.75, 3.05) is 0 Å². The maximum absolute atomic E-state index is 11.5. The van der Waals surface area contributed by atoms with Crippen molar-refractivity contribution in [1.82, 2.24) is 15.0 Å². The lowest BCUT2D eigenvalue weighted by atomic mass is 10.1. The molecule has 0 saturated carbocycles. The fourth-order valence-electron chi connectivity index (χ4n) is 1.97. The molecule has 0 bridgehead atoms. The van der Waals surface area contributed by atoms with Gasteiger partial charge in [-0.3, -0.25) is 9.78 Å². The monoisotopic (exact) mass is 252 g/mol. The first kappa shape index (κ1) is 11.6. The van der Waals surface area contributed by atoms with Gasteiger partial charge in [0.2, 0.25) is 0 Å². The minimum Gasteiger partial charge on any atom is -0.325 e. The third-order valence-electron chi connectivity index (χ3n) is 2.88. The van der Waals surface area contributed by atoms with E-state index in [1.807, 2.05) is 30.3 Å². The number of nitrogens with two attached hydrogens (primary N) is 1. The molecule has 0 spiro atoms. The molecule has 1 aromatic carbocycles.